The third kappa shape index (κ3) is 2.80. The number of rotatable bonds is 3. The van der Waals surface area contributed by atoms with Crippen LogP contribution in [0.15, 0.2) is 72.3 Å². The van der Waals surface area contributed by atoms with Gasteiger partial charge in [-0.05, 0) is 37.3 Å². The number of esters is 1. The Labute approximate surface area is 149 Å². The summed E-state index contributed by atoms with van der Waals surface area (Å²) in [6, 6.07) is 20.8. The summed E-state index contributed by atoms with van der Waals surface area (Å²) in [4.78, 5) is 13.3. The van der Waals surface area contributed by atoms with Gasteiger partial charge >= 0.3 is 5.97 Å². The molecule has 1 fully saturated rings. The van der Waals surface area contributed by atoms with Gasteiger partial charge in [0.1, 0.15) is 6.10 Å². The maximum Gasteiger partial charge on any atom is 0.317 e. The summed E-state index contributed by atoms with van der Waals surface area (Å²) >= 11 is 0. The molecule has 0 saturated carbocycles. The lowest BCUT2D eigenvalue weighted by molar-refractivity contribution is -0.165. The molecule has 25 heavy (non-hydrogen) atoms. The summed E-state index contributed by atoms with van der Waals surface area (Å²) in [5.41, 5.74) is 3.16. The van der Waals surface area contributed by atoms with Gasteiger partial charge in [0.25, 0.3) is 0 Å². The molecule has 128 valence electrons. The SMILES string of the molecule is C[C@H]1CC2=CCC[C@H](c3ccccc3)[C@]2(Cc2ccccc2)C(=O)O1. The second-order valence-corrected chi connectivity index (χ2v) is 7.32. The van der Waals surface area contributed by atoms with Crippen molar-refractivity contribution in [2.24, 2.45) is 5.41 Å². The first-order valence-corrected chi connectivity index (χ1v) is 9.19. The van der Waals surface area contributed by atoms with E-state index in [4.69, 9.17) is 4.74 Å². The molecule has 2 aromatic rings. The van der Waals surface area contributed by atoms with E-state index in [1.165, 1.54) is 16.7 Å². The van der Waals surface area contributed by atoms with Crippen LogP contribution in [0.5, 0.6) is 0 Å². The fourth-order valence-corrected chi connectivity index (χ4v) is 4.62. The number of hydrogen-bond acceptors (Lipinski definition) is 2. The van der Waals surface area contributed by atoms with Gasteiger partial charge < -0.3 is 4.74 Å². The molecule has 2 aromatic carbocycles. The summed E-state index contributed by atoms with van der Waals surface area (Å²) < 4.78 is 5.80. The van der Waals surface area contributed by atoms with Gasteiger partial charge in [-0.2, -0.15) is 0 Å². The van der Waals surface area contributed by atoms with E-state index >= 15 is 0 Å². The topological polar surface area (TPSA) is 26.3 Å². The number of carbonyl (C=O) groups is 1. The van der Waals surface area contributed by atoms with Gasteiger partial charge in [-0.1, -0.05) is 72.3 Å². The fraction of sp³-hybridized carbons (Fsp3) is 0.348. The van der Waals surface area contributed by atoms with E-state index in [9.17, 15) is 4.79 Å². The lowest BCUT2D eigenvalue weighted by Gasteiger charge is -2.47. The maximum atomic E-state index is 13.3. The van der Waals surface area contributed by atoms with Crippen molar-refractivity contribution in [1.82, 2.24) is 0 Å². The number of fused-ring (bicyclic) bond motifs is 1. The van der Waals surface area contributed by atoms with E-state index in [0.29, 0.717) is 6.42 Å². The number of hydrogen-bond donors (Lipinski definition) is 0. The Bertz CT molecular complexity index is 778. The summed E-state index contributed by atoms with van der Waals surface area (Å²) in [7, 11) is 0. The van der Waals surface area contributed by atoms with Crippen molar-refractivity contribution in [2.45, 2.75) is 44.6 Å². The molecule has 1 aliphatic carbocycles. The van der Waals surface area contributed by atoms with Crippen LogP contribution in [-0.2, 0) is 16.0 Å². The number of carbonyl (C=O) groups excluding carboxylic acids is 1. The molecule has 2 aliphatic rings. The Morgan fingerprint density at radius 2 is 1.72 bits per heavy atom. The Balaban J connectivity index is 1.84. The monoisotopic (exact) mass is 332 g/mol. The predicted octanol–water partition coefficient (Wildman–Crippen LogP) is 5.05. The summed E-state index contributed by atoms with van der Waals surface area (Å²) in [6.45, 7) is 2.00. The third-order valence-corrected chi connectivity index (χ3v) is 5.72. The van der Waals surface area contributed by atoms with Crippen LogP contribution in [0.25, 0.3) is 0 Å². The average molecular weight is 332 g/mol. The van der Waals surface area contributed by atoms with Crippen LogP contribution >= 0.6 is 0 Å². The first kappa shape index (κ1) is 16.1. The fourth-order valence-electron chi connectivity index (χ4n) is 4.62. The summed E-state index contributed by atoms with van der Waals surface area (Å²) in [5.74, 6) is 0.129. The van der Waals surface area contributed by atoms with Crippen molar-refractivity contribution in [3.05, 3.63) is 83.4 Å². The second kappa shape index (κ2) is 6.51. The largest absolute Gasteiger partial charge is 0.462 e. The molecule has 2 heteroatoms. The van der Waals surface area contributed by atoms with Crippen LogP contribution in [0.1, 0.15) is 43.2 Å². The Hall–Kier alpha value is -2.35. The van der Waals surface area contributed by atoms with Crippen LogP contribution in [0, 0.1) is 5.41 Å². The van der Waals surface area contributed by atoms with Gasteiger partial charge in [-0.3, -0.25) is 4.79 Å². The Morgan fingerprint density at radius 1 is 1.04 bits per heavy atom. The van der Waals surface area contributed by atoms with Gasteiger partial charge in [0.15, 0.2) is 0 Å². The van der Waals surface area contributed by atoms with E-state index in [0.717, 1.165) is 19.3 Å². The molecular weight excluding hydrogens is 308 g/mol. The number of cyclic esters (lactones) is 1. The molecule has 1 heterocycles. The zero-order chi connectivity index (χ0) is 17.3. The summed E-state index contributed by atoms with van der Waals surface area (Å²) in [5, 5.41) is 0. The van der Waals surface area contributed by atoms with Gasteiger partial charge in [-0.25, -0.2) is 0 Å². The molecule has 2 nitrogen and oxygen atoms in total. The van der Waals surface area contributed by atoms with Crippen molar-refractivity contribution in [1.29, 1.82) is 0 Å². The summed E-state index contributed by atoms with van der Waals surface area (Å²) in [6.07, 6.45) is 5.86. The van der Waals surface area contributed by atoms with E-state index in [1.54, 1.807) is 0 Å². The zero-order valence-electron chi connectivity index (χ0n) is 14.7. The smallest absolute Gasteiger partial charge is 0.317 e. The van der Waals surface area contributed by atoms with Crippen molar-refractivity contribution in [2.75, 3.05) is 0 Å². The highest BCUT2D eigenvalue weighted by molar-refractivity contribution is 5.84. The molecule has 1 aliphatic heterocycles. The van der Waals surface area contributed by atoms with Gasteiger partial charge in [0.05, 0.1) is 5.41 Å². The Morgan fingerprint density at radius 3 is 2.44 bits per heavy atom. The molecule has 0 amide bonds. The number of ether oxygens (including phenoxy) is 1. The minimum Gasteiger partial charge on any atom is -0.462 e. The molecular formula is C23H24O2. The quantitative estimate of drug-likeness (QED) is 0.580. The molecule has 4 rings (SSSR count). The zero-order valence-corrected chi connectivity index (χ0v) is 14.7. The lowest BCUT2D eigenvalue weighted by Crippen LogP contribution is -2.49. The average Bonchev–Trinajstić information content (AvgIpc) is 2.64. The minimum atomic E-state index is -0.562. The molecule has 1 saturated heterocycles. The normalized spacial score (nSPS) is 28.7. The standard InChI is InChI=1S/C23H24O2/c1-17-15-20-13-8-14-21(19-11-6-3-7-12-19)23(20,22(24)25-17)16-18-9-4-2-5-10-18/h2-7,9-13,17,21H,8,14-16H2,1H3/t17-,21+,23+/m0/s1. The van der Waals surface area contributed by atoms with E-state index in [1.807, 2.05) is 31.2 Å². The van der Waals surface area contributed by atoms with Crippen molar-refractivity contribution >= 4 is 5.97 Å². The molecule has 0 bridgehead atoms. The van der Waals surface area contributed by atoms with Crippen LogP contribution < -0.4 is 0 Å². The highest BCUT2D eigenvalue weighted by Crippen LogP contribution is 2.54. The van der Waals surface area contributed by atoms with E-state index < -0.39 is 5.41 Å². The number of allylic oxidation sites excluding steroid dienone is 1. The van der Waals surface area contributed by atoms with Crippen LogP contribution in [0.4, 0.5) is 0 Å². The second-order valence-electron chi connectivity index (χ2n) is 7.32. The molecule has 3 atom stereocenters. The first-order chi connectivity index (χ1) is 12.2. The van der Waals surface area contributed by atoms with E-state index in [-0.39, 0.29) is 18.0 Å². The van der Waals surface area contributed by atoms with Crippen molar-refractivity contribution in [3.63, 3.8) is 0 Å². The first-order valence-electron chi connectivity index (χ1n) is 9.19. The number of benzene rings is 2. The highest BCUT2D eigenvalue weighted by Gasteiger charge is 2.54. The van der Waals surface area contributed by atoms with Gasteiger partial charge in [0.2, 0.25) is 0 Å². The molecule has 0 radical (unpaired) electrons. The highest BCUT2D eigenvalue weighted by atomic mass is 16.5. The Kier molecular flexibility index (Phi) is 4.20. The van der Waals surface area contributed by atoms with Gasteiger partial charge in [-0.15, -0.1) is 0 Å². The molecule has 0 spiro atoms. The third-order valence-electron chi connectivity index (χ3n) is 5.72. The predicted molar refractivity (Wildman–Crippen MR) is 99.3 cm³/mol. The van der Waals surface area contributed by atoms with Crippen LogP contribution in [0.3, 0.4) is 0 Å². The van der Waals surface area contributed by atoms with Gasteiger partial charge in [0, 0.05) is 12.3 Å². The van der Waals surface area contributed by atoms with Crippen molar-refractivity contribution in [3.8, 4) is 0 Å². The van der Waals surface area contributed by atoms with Crippen LogP contribution in [0.2, 0.25) is 0 Å². The lowest BCUT2D eigenvalue weighted by atomic mass is 9.58. The van der Waals surface area contributed by atoms with Crippen molar-refractivity contribution < 1.29 is 9.53 Å². The minimum absolute atomic E-state index is 0.0304. The molecule has 0 unspecified atom stereocenters. The molecule has 0 N–H and O–H groups in total. The van der Waals surface area contributed by atoms with Crippen LogP contribution in [-0.4, -0.2) is 12.1 Å². The van der Waals surface area contributed by atoms with E-state index in [2.05, 4.69) is 42.5 Å². The maximum absolute atomic E-state index is 13.3. The molecule has 0 aromatic heterocycles.